The number of aromatic nitrogens is 2. The summed E-state index contributed by atoms with van der Waals surface area (Å²) < 4.78 is 49.8. The number of hydrogen-bond donors (Lipinski definition) is 1. The van der Waals surface area contributed by atoms with Crippen LogP contribution >= 0.6 is 11.9 Å². The molecule has 0 aliphatic carbocycles. The zero-order chi connectivity index (χ0) is 27.2. The first-order chi connectivity index (χ1) is 17.6. The molecule has 0 saturated heterocycles. The van der Waals surface area contributed by atoms with Crippen LogP contribution in [0.25, 0.3) is 11.0 Å². The van der Waals surface area contributed by atoms with Crippen molar-refractivity contribution in [1.29, 1.82) is 0 Å². The van der Waals surface area contributed by atoms with Gasteiger partial charge in [0.15, 0.2) is 0 Å². The van der Waals surface area contributed by atoms with E-state index in [4.69, 9.17) is 9.57 Å². The molecule has 1 aromatic heterocycles. The number of rotatable bonds is 11. The van der Waals surface area contributed by atoms with Crippen LogP contribution < -0.4 is 9.62 Å². The molecule has 202 valence electrons. The zero-order valence-electron chi connectivity index (χ0n) is 21.5. The van der Waals surface area contributed by atoms with Crippen LogP contribution in [0.15, 0.2) is 47.4 Å². The molecule has 0 spiro atoms. The summed E-state index contributed by atoms with van der Waals surface area (Å²) in [5.74, 6) is -0.846. The third kappa shape index (κ3) is 7.30. The van der Waals surface area contributed by atoms with Gasteiger partial charge in [0.05, 0.1) is 18.1 Å². The molecule has 0 radical (unpaired) electrons. The highest BCUT2D eigenvalue weighted by atomic mass is 32.2. The highest BCUT2D eigenvalue weighted by Crippen LogP contribution is 2.35. The standard InChI is InChI=1S/C25H32F3N5O3S/c1-6-17(13-14-35-4)16-33-22-12-9-19(15-21(22)30-23(33)25(26,27)28)32(3)37-20-10-7-18(8-11-20)29-24(34)31(2)36-5/h7-12,15,17H,6,13-14,16H2,1-5H3,(H,29,34). The van der Waals surface area contributed by atoms with E-state index in [1.165, 1.54) is 30.7 Å². The number of carbonyl (C=O) groups excluding carboxylic acids is 1. The molecule has 0 fully saturated rings. The van der Waals surface area contributed by atoms with E-state index in [0.717, 1.165) is 16.4 Å². The van der Waals surface area contributed by atoms with Crippen molar-refractivity contribution in [2.24, 2.45) is 5.92 Å². The number of nitrogens with zero attached hydrogens (tertiary/aromatic N) is 4. The second-order valence-electron chi connectivity index (χ2n) is 8.50. The van der Waals surface area contributed by atoms with Crippen LogP contribution in [-0.2, 0) is 22.3 Å². The van der Waals surface area contributed by atoms with E-state index in [2.05, 4.69) is 10.3 Å². The Balaban J connectivity index is 1.80. The van der Waals surface area contributed by atoms with Crippen LogP contribution in [0.4, 0.5) is 29.3 Å². The summed E-state index contributed by atoms with van der Waals surface area (Å²) >= 11 is 1.40. The molecule has 0 bridgehead atoms. The molecule has 3 aromatic rings. The average Bonchev–Trinajstić information content (AvgIpc) is 3.25. The lowest BCUT2D eigenvalue weighted by Crippen LogP contribution is -2.30. The molecule has 1 unspecified atom stereocenters. The smallest absolute Gasteiger partial charge is 0.385 e. The topological polar surface area (TPSA) is 71.9 Å². The van der Waals surface area contributed by atoms with Crippen molar-refractivity contribution in [2.45, 2.75) is 37.4 Å². The maximum absolute atomic E-state index is 13.9. The van der Waals surface area contributed by atoms with Crippen LogP contribution in [0.3, 0.4) is 0 Å². The molecular weight excluding hydrogens is 507 g/mol. The first kappa shape index (κ1) is 28.6. The number of fused-ring (bicyclic) bond motifs is 1. The SMILES string of the molecule is CCC(CCOC)Cn1c(C(F)(F)F)nc2cc(N(C)Sc3ccc(NC(=O)N(C)OC)cc3)ccc21. The highest BCUT2D eigenvalue weighted by Gasteiger charge is 2.38. The predicted molar refractivity (Wildman–Crippen MR) is 140 cm³/mol. The van der Waals surface area contributed by atoms with Crippen molar-refractivity contribution < 1.29 is 27.5 Å². The molecule has 1 N–H and O–H groups in total. The summed E-state index contributed by atoms with van der Waals surface area (Å²) in [6, 6.07) is 11.9. The minimum Gasteiger partial charge on any atom is -0.385 e. The molecule has 1 atom stereocenters. The Hall–Kier alpha value is -2.96. The summed E-state index contributed by atoms with van der Waals surface area (Å²) in [7, 11) is 6.31. The van der Waals surface area contributed by atoms with E-state index >= 15 is 0 Å². The molecule has 3 rings (SSSR count). The van der Waals surface area contributed by atoms with Gasteiger partial charge in [0.2, 0.25) is 5.82 Å². The monoisotopic (exact) mass is 539 g/mol. The number of hydroxylamine groups is 2. The Morgan fingerprint density at radius 1 is 1.16 bits per heavy atom. The summed E-state index contributed by atoms with van der Waals surface area (Å²) in [5, 5.41) is 3.77. The Kier molecular flexibility index (Phi) is 9.68. The van der Waals surface area contributed by atoms with Gasteiger partial charge in [0.25, 0.3) is 0 Å². The number of nitrogens with one attached hydrogen (secondary N) is 1. The molecule has 2 aromatic carbocycles. The Labute approximate surface area is 218 Å². The van der Waals surface area contributed by atoms with E-state index in [0.29, 0.717) is 35.4 Å². The van der Waals surface area contributed by atoms with Crippen molar-refractivity contribution >= 4 is 40.4 Å². The van der Waals surface area contributed by atoms with Gasteiger partial charge in [-0.1, -0.05) is 13.3 Å². The fourth-order valence-corrected chi connectivity index (χ4v) is 4.57. The maximum atomic E-state index is 13.9. The van der Waals surface area contributed by atoms with E-state index < -0.39 is 18.0 Å². The molecule has 0 aliphatic rings. The van der Waals surface area contributed by atoms with Gasteiger partial charge in [0.1, 0.15) is 0 Å². The number of imidazole rings is 1. The third-order valence-electron chi connectivity index (χ3n) is 6.01. The van der Waals surface area contributed by atoms with Gasteiger partial charge in [-0.15, -0.1) is 0 Å². The van der Waals surface area contributed by atoms with Crippen molar-refractivity contribution in [3.63, 3.8) is 0 Å². The Morgan fingerprint density at radius 3 is 2.46 bits per heavy atom. The molecular formula is C25H32F3N5O3S. The second kappa shape index (κ2) is 12.5. The lowest BCUT2D eigenvalue weighted by molar-refractivity contribution is -0.147. The largest absolute Gasteiger partial charge is 0.449 e. The molecule has 8 nitrogen and oxygen atoms in total. The summed E-state index contributed by atoms with van der Waals surface area (Å²) in [4.78, 5) is 21.6. The van der Waals surface area contributed by atoms with Gasteiger partial charge in [-0.05, 0) is 66.8 Å². The van der Waals surface area contributed by atoms with Gasteiger partial charge in [0, 0.05) is 50.6 Å². The minimum atomic E-state index is -4.56. The first-order valence-corrected chi connectivity index (χ1v) is 12.5. The van der Waals surface area contributed by atoms with Crippen molar-refractivity contribution in [3.8, 4) is 0 Å². The number of hydrogen-bond acceptors (Lipinski definition) is 6. The molecule has 2 amide bonds. The highest BCUT2D eigenvalue weighted by molar-refractivity contribution is 8.00. The molecule has 12 heteroatoms. The minimum absolute atomic E-state index is 0.0407. The lowest BCUT2D eigenvalue weighted by atomic mass is 10.0. The maximum Gasteiger partial charge on any atom is 0.449 e. The average molecular weight is 540 g/mol. The fraction of sp³-hybridized carbons (Fsp3) is 0.440. The normalized spacial score (nSPS) is 12.5. The van der Waals surface area contributed by atoms with Crippen LogP contribution in [0.1, 0.15) is 25.6 Å². The summed E-state index contributed by atoms with van der Waals surface area (Å²) in [6.07, 6.45) is -3.15. The van der Waals surface area contributed by atoms with Crippen LogP contribution in [0, 0.1) is 5.92 Å². The zero-order valence-corrected chi connectivity index (χ0v) is 22.3. The number of urea groups is 1. The van der Waals surface area contributed by atoms with Crippen molar-refractivity contribution in [2.75, 3.05) is 44.5 Å². The molecule has 0 aliphatic heterocycles. The number of amides is 2. The number of benzene rings is 2. The fourth-order valence-electron chi connectivity index (χ4n) is 3.78. The summed E-state index contributed by atoms with van der Waals surface area (Å²) in [5.41, 5.74) is 2.05. The Morgan fingerprint density at radius 2 is 1.86 bits per heavy atom. The molecule has 0 saturated carbocycles. The van der Waals surface area contributed by atoms with Crippen LogP contribution in [0.5, 0.6) is 0 Å². The molecule has 1 heterocycles. The van der Waals surface area contributed by atoms with Crippen molar-refractivity contribution in [1.82, 2.24) is 14.6 Å². The first-order valence-electron chi connectivity index (χ1n) is 11.7. The lowest BCUT2D eigenvalue weighted by Gasteiger charge is -2.20. The quantitative estimate of drug-likeness (QED) is 0.228. The van der Waals surface area contributed by atoms with E-state index in [1.54, 1.807) is 37.4 Å². The van der Waals surface area contributed by atoms with Crippen LogP contribution in [0.2, 0.25) is 0 Å². The summed E-state index contributed by atoms with van der Waals surface area (Å²) in [6.45, 7) is 2.68. The van der Waals surface area contributed by atoms with Crippen LogP contribution in [-0.4, -0.2) is 55.6 Å². The van der Waals surface area contributed by atoms with Gasteiger partial charge in [-0.3, -0.25) is 4.84 Å². The second-order valence-corrected chi connectivity index (χ2v) is 9.70. The van der Waals surface area contributed by atoms with Crippen molar-refractivity contribution in [3.05, 3.63) is 48.3 Å². The van der Waals surface area contributed by atoms with E-state index in [1.807, 2.05) is 30.4 Å². The number of carbonyl (C=O) groups is 1. The number of halogens is 3. The number of anilines is 2. The molecule has 37 heavy (non-hydrogen) atoms. The predicted octanol–water partition coefficient (Wildman–Crippen LogP) is 6.29. The Bertz CT molecular complexity index is 1190. The van der Waals surface area contributed by atoms with Gasteiger partial charge in [-0.2, -0.15) is 13.2 Å². The third-order valence-corrected chi connectivity index (χ3v) is 6.97. The van der Waals surface area contributed by atoms with Gasteiger partial charge >= 0.3 is 12.2 Å². The van der Waals surface area contributed by atoms with E-state index in [-0.39, 0.29) is 12.5 Å². The van der Waals surface area contributed by atoms with E-state index in [9.17, 15) is 18.0 Å². The van der Waals surface area contributed by atoms with Gasteiger partial charge < -0.3 is 18.9 Å². The number of alkyl halides is 3. The number of methoxy groups -OCH3 is 1. The van der Waals surface area contributed by atoms with Gasteiger partial charge in [-0.25, -0.2) is 14.8 Å². The number of ether oxygens (including phenoxy) is 1.